The van der Waals surface area contributed by atoms with Gasteiger partial charge in [0.1, 0.15) is 6.04 Å². The molecule has 1 unspecified atom stereocenters. The van der Waals surface area contributed by atoms with Crippen molar-refractivity contribution < 1.29 is 9.32 Å². The summed E-state index contributed by atoms with van der Waals surface area (Å²) in [6.07, 6.45) is 1.21. The molecule has 3 aromatic rings. The van der Waals surface area contributed by atoms with Crippen LogP contribution in [0.5, 0.6) is 0 Å². The zero-order chi connectivity index (χ0) is 17.2. The van der Waals surface area contributed by atoms with Crippen molar-refractivity contribution in [3.8, 4) is 11.4 Å². The Morgan fingerprint density at radius 3 is 2.64 bits per heavy atom. The molecule has 126 valence electrons. The highest BCUT2D eigenvalue weighted by Crippen LogP contribution is 2.34. The van der Waals surface area contributed by atoms with Crippen molar-refractivity contribution in [2.75, 3.05) is 0 Å². The Morgan fingerprint density at radius 1 is 1.12 bits per heavy atom. The van der Waals surface area contributed by atoms with Gasteiger partial charge in [0.15, 0.2) is 0 Å². The van der Waals surface area contributed by atoms with E-state index in [4.69, 9.17) is 4.52 Å². The van der Waals surface area contributed by atoms with E-state index in [0.29, 0.717) is 31.1 Å². The minimum atomic E-state index is -0.163. The van der Waals surface area contributed by atoms with E-state index in [1.54, 1.807) is 0 Å². The highest BCUT2D eigenvalue weighted by atomic mass is 79.9. The lowest BCUT2D eigenvalue weighted by atomic mass is 10.2. The molecule has 0 radical (unpaired) electrons. The summed E-state index contributed by atoms with van der Waals surface area (Å²) >= 11 is 3.41. The van der Waals surface area contributed by atoms with Gasteiger partial charge in [0, 0.05) is 23.0 Å². The van der Waals surface area contributed by atoms with Crippen LogP contribution in [0.4, 0.5) is 0 Å². The van der Waals surface area contributed by atoms with Gasteiger partial charge in [-0.05, 0) is 36.2 Å². The smallest absolute Gasteiger partial charge is 0.249 e. The molecular formula is C19H16BrN3O2. The number of carbonyl (C=O) groups is 1. The average Bonchev–Trinajstić information content (AvgIpc) is 3.24. The average molecular weight is 398 g/mol. The van der Waals surface area contributed by atoms with Crippen LogP contribution in [-0.2, 0) is 11.3 Å². The summed E-state index contributed by atoms with van der Waals surface area (Å²) in [4.78, 5) is 18.7. The lowest BCUT2D eigenvalue weighted by molar-refractivity contribution is -0.129. The Hall–Kier alpha value is -2.47. The Bertz CT molecular complexity index is 877. The third-order valence-electron chi connectivity index (χ3n) is 4.35. The Labute approximate surface area is 153 Å². The first-order valence-electron chi connectivity index (χ1n) is 8.13. The molecule has 1 aromatic heterocycles. The molecule has 2 heterocycles. The number of halogens is 1. The van der Waals surface area contributed by atoms with Gasteiger partial charge in [0.2, 0.25) is 17.6 Å². The minimum Gasteiger partial charge on any atom is -0.337 e. The van der Waals surface area contributed by atoms with E-state index in [9.17, 15) is 4.79 Å². The summed E-state index contributed by atoms with van der Waals surface area (Å²) in [6.45, 7) is 0.556. The molecule has 5 nitrogen and oxygen atoms in total. The first kappa shape index (κ1) is 16.0. The maximum absolute atomic E-state index is 12.3. The summed E-state index contributed by atoms with van der Waals surface area (Å²) in [7, 11) is 0. The van der Waals surface area contributed by atoms with Crippen LogP contribution < -0.4 is 0 Å². The number of amides is 1. The fourth-order valence-electron chi connectivity index (χ4n) is 3.06. The molecular weight excluding hydrogens is 382 g/mol. The van der Waals surface area contributed by atoms with E-state index < -0.39 is 0 Å². The molecule has 6 heteroatoms. The molecule has 1 atom stereocenters. The van der Waals surface area contributed by atoms with Gasteiger partial charge >= 0.3 is 0 Å². The van der Waals surface area contributed by atoms with E-state index in [1.807, 2.05) is 59.5 Å². The predicted molar refractivity (Wildman–Crippen MR) is 96.4 cm³/mol. The van der Waals surface area contributed by atoms with Crippen LogP contribution in [0.1, 0.15) is 30.3 Å². The second-order valence-corrected chi connectivity index (χ2v) is 6.94. The molecule has 0 aliphatic carbocycles. The van der Waals surface area contributed by atoms with Crippen LogP contribution in [0.15, 0.2) is 63.6 Å². The first-order valence-corrected chi connectivity index (χ1v) is 8.93. The van der Waals surface area contributed by atoms with Crippen LogP contribution >= 0.6 is 15.9 Å². The molecule has 1 saturated heterocycles. The number of carbonyl (C=O) groups excluding carboxylic acids is 1. The second kappa shape index (κ2) is 6.80. The van der Waals surface area contributed by atoms with Gasteiger partial charge in [0.05, 0.1) is 0 Å². The van der Waals surface area contributed by atoms with Crippen LogP contribution in [-0.4, -0.2) is 20.9 Å². The Morgan fingerprint density at radius 2 is 1.88 bits per heavy atom. The number of hydrogen-bond acceptors (Lipinski definition) is 4. The largest absolute Gasteiger partial charge is 0.337 e. The number of aromatic nitrogens is 2. The van der Waals surface area contributed by atoms with Gasteiger partial charge in [-0.2, -0.15) is 4.98 Å². The molecule has 1 fully saturated rings. The zero-order valence-corrected chi connectivity index (χ0v) is 15.0. The molecule has 4 rings (SSSR count). The van der Waals surface area contributed by atoms with Gasteiger partial charge in [-0.1, -0.05) is 51.4 Å². The van der Waals surface area contributed by atoms with Crippen LogP contribution in [0.25, 0.3) is 11.4 Å². The highest BCUT2D eigenvalue weighted by molar-refractivity contribution is 9.10. The zero-order valence-electron chi connectivity index (χ0n) is 13.4. The molecule has 0 saturated carbocycles. The predicted octanol–water partition coefficient (Wildman–Crippen LogP) is 4.36. The molecule has 0 spiro atoms. The van der Waals surface area contributed by atoms with Gasteiger partial charge in [-0.3, -0.25) is 4.79 Å². The topological polar surface area (TPSA) is 59.2 Å². The third kappa shape index (κ3) is 3.35. The van der Waals surface area contributed by atoms with Gasteiger partial charge in [-0.25, -0.2) is 0 Å². The highest BCUT2D eigenvalue weighted by Gasteiger charge is 2.35. The van der Waals surface area contributed by atoms with Gasteiger partial charge in [-0.15, -0.1) is 0 Å². The quantitative estimate of drug-likeness (QED) is 0.655. The SMILES string of the molecule is O=C1CCC(c2nc(-c3ccc(Br)cc3)no2)N1Cc1ccccc1. The standard InChI is InChI=1S/C19H16BrN3O2/c20-15-8-6-14(7-9-15)18-21-19(25-22-18)16-10-11-17(24)23(16)12-13-4-2-1-3-5-13/h1-9,16H,10-12H2. The number of nitrogens with zero attached hydrogens (tertiary/aromatic N) is 3. The summed E-state index contributed by atoms with van der Waals surface area (Å²) in [5.41, 5.74) is 1.98. The van der Waals surface area contributed by atoms with Crippen LogP contribution in [0.3, 0.4) is 0 Å². The number of hydrogen-bond donors (Lipinski definition) is 0. The van der Waals surface area contributed by atoms with E-state index in [1.165, 1.54) is 0 Å². The first-order chi connectivity index (χ1) is 12.2. The van der Waals surface area contributed by atoms with E-state index in [2.05, 4.69) is 26.1 Å². The lowest BCUT2D eigenvalue weighted by Gasteiger charge is -2.22. The van der Waals surface area contributed by atoms with Crippen molar-refractivity contribution in [3.05, 3.63) is 70.5 Å². The van der Waals surface area contributed by atoms with Crippen molar-refractivity contribution in [3.63, 3.8) is 0 Å². The Kier molecular flexibility index (Phi) is 4.36. The summed E-state index contributed by atoms with van der Waals surface area (Å²) in [5, 5.41) is 4.09. The summed E-state index contributed by atoms with van der Waals surface area (Å²) in [5.74, 6) is 1.17. The molecule has 25 heavy (non-hydrogen) atoms. The fourth-order valence-corrected chi connectivity index (χ4v) is 3.32. The molecule has 1 aliphatic rings. The monoisotopic (exact) mass is 397 g/mol. The number of likely N-dealkylation sites (tertiary alicyclic amines) is 1. The summed E-state index contributed by atoms with van der Waals surface area (Å²) in [6, 6.07) is 17.5. The molecule has 0 bridgehead atoms. The molecule has 1 amide bonds. The number of rotatable bonds is 4. The van der Waals surface area contributed by atoms with Crippen molar-refractivity contribution in [1.29, 1.82) is 0 Å². The minimum absolute atomic E-state index is 0.122. The second-order valence-electron chi connectivity index (χ2n) is 6.02. The van der Waals surface area contributed by atoms with Crippen molar-refractivity contribution >= 4 is 21.8 Å². The Balaban J connectivity index is 1.58. The lowest BCUT2D eigenvalue weighted by Crippen LogP contribution is -2.27. The fraction of sp³-hybridized carbons (Fsp3) is 0.211. The van der Waals surface area contributed by atoms with Gasteiger partial charge < -0.3 is 9.42 Å². The van der Waals surface area contributed by atoms with E-state index in [-0.39, 0.29) is 11.9 Å². The van der Waals surface area contributed by atoms with Crippen molar-refractivity contribution in [2.45, 2.75) is 25.4 Å². The third-order valence-corrected chi connectivity index (χ3v) is 4.88. The van der Waals surface area contributed by atoms with E-state index in [0.717, 1.165) is 15.6 Å². The van der Waals surface area contributed by atoms with Crippen molar-refractivity contribution in [2.24, 2.45) is 0 Å². The normalized spacial score (nSPS) is 17.2. The van der Waals surface area contributed by atoms with E-state index >= 15 is 0 Å². The van der Waals surface area contributed by atoms with Crippen molar-refractivity contribution in [1.82, 2.24) is 15.0 Å². The molecule has 2 aromatic carbocycles. The molecule has 1 aliphatic heterocycles. The maximum atomic E-state index is 12.3. The number of benzene rings is 2. The van der Waals surface area contributed by atoms with Crippen LogP contribution in [0.2, 0.25) is 0 Å². The molecule has 0 N–H and O–H groups in total. The van der Waals surface area contributed by atoms with Gasteiger partial charge in [0.25, 0.3) is 0 Å². The maximum Gasteiger partial charge on any atom is 0.249 e. The van der Waals surface area contributed by atoms with Crippen LogP contribution in [0, 0.1) is 0 Å². The summed E-state index contributed by atoms with van der Waals surface area (Å²) < 4.78 is 6.48.